The molecule has 7 nitrogen and oxygen atoms in total. The van der Waals surface area contributed by atoms with Crippen molar-refractivity contribution in [2.45, 2.75) is 25.9 Å². The topological polar surface area (TPSA) is 70.2 Å². The van der Waals surface area contributed by atoms with Crippen molar-refractivity contribution in [1.82, 2.24) is 14.7 Å². The van der Waals surface area contributed by atoms with Crippen molar-refractivity contribution < 1.29 is 17.9 Å². The molecule has 1 aromatic rings. The van der Waals surface area contributed by atoms with E-state index in [0.29, 0.717) is 26.2 Å². The largest absolute Gasteiger partial charge is 0.492 e. The van der Waals surface area contributed by atoms with E-state index in [1.165, 1.54) is 10.5 Å². The molecule has 0 aromatic heterocycles. The first-order valence-electron chi connectivity index (χ1n) is 9.30. The Kier molecular flexibility index (Phi) is 5.67. The molecule has 0 radical (unpaired) electrons. The summed E-state index contributed by atoms with van der Waals surface area (Å²) >= 11 is 0. The van der Waals surface area contributed by atoms with Gasteiger partial charge >= 0.3 is 6.03 Å². The molecule has 2 fully saturated rings. The van der Waals surface area contributed by atoms with Crippen molar-refractivity contribution in [3.8, 4) is 5.75 Å². The molecule has 2 amide bonds. The minimum Gasteiger partial charge on any atom is -0.492 e. The van der Waals surface area contributed by atoms with E-state index in [1.54, 1.807) is 19.0 Å². The van der Waals surface area contributed by atoms with E-state index in [-0.39, 0.29) is 29.6 Å². The van der Waals surface area contributed by atoms with Gasteiger partial charge in [-0.1, -0.05) is 17.7 Å². The Balaban J connectivity index is 1.66. The quantitative estimate of drug-likeness (QED) is 0.765. The van der Waals surface area contributed by atoms with Gasteiger partial charge in [-0.3, -0.25) is 4.90 Å². The van der Waals surface area contributed by atoms with Crippen molar-refractivity contribution in [1.29, 1.82) is 0 Å². The molecule has 2 saturated heterocycles. The number of nitrogens with zero attached hydrogens (tertiary/aromatic N) is 3. The van der Waals surface area contributed by atoms with Gasteiger partial charge in [-0.2, -0.15) is 0 Å². The molecule has 2 heterocycles. The Hall–Kier alpha value is -1.80. The van der Waals surface area contributed by atoms with Gasteiger partial charge in [0.05, 0.1) is 17.5 Å². The lowest BCUT2D eigenvalue weighted by Gasteiger charge is -2.44. The number of rotatable bonds is 4. The minimum atomic E-state index is -3.14. The highest BCUT2D eigenvalue weighted by Gasteiger charge is 2.48. The summed E-state index contributed by atoms with van der Waals surface area (Å²) < 4.78 is 30.4. The van der Waals surface area contributed by atoms with Gasteiger partial charge in [0.1, 0.15) is 12.4 Å². The lowest BCUT2D eigenvalue weighted by molar-refractivity contribution is 0.0487. The van der Waals surface area contributed by atoms with Crippen molar-refractivity contribution in [2.75, 3.05) is 51.8 Å². The summed E-state index contributed by atoms with van der Waals surface area (Å²) in [4.78, 5) is 17.8. The van der Waals surface area contributed by atoms with Gasteiger partial charge < -0.3 is 14.5 Å². The molecule has 8 heteroatoms. The second kappa shape index (κ2) is 7.67. The molecule has 0 spiro atoms. The smallest absolute Gasteiger partial charge is 0.319 e. The Morgan fingerprint density at radius 1 is 1.19 bits per heavy atom. The second-order valence-electron chi connectivity index (χ2n) is 7.74. The molecular weight excluding hydrogens is 366 g/mol. The van der Waals surface area contributed by atoms with Crippen LogP contribution in [0.15, 0.2) is 18.2 Å². The van der Waals surface area contributed by atoms with Crippen LogP contribution in [-0.4, -0.2) is 93.1 Å². The SMILES string of the molecule is Cc1ccc(OCCN2CCN(C(=O)N(C)C)[C@H]3CS(=O)(=O)C[C@H]32)c(C)c1. The number of carbonyl (C=O) groups excluding carboxylic acids is 1. The maximum atomic E-state index is 12.4. The van der Waals surface area contributed by atoms with Crippen LogP contribution in [0.3, 0.4) is 0 Å². The zero-order valence-corrected chi connectivity index (χ0v) is 17.3. The third-order valence-corrected chi connectivity index (χ3v) is 7.08. The van der Waals surface area contributed by atoms with E-state index in [1.807, 2.05) is 26.0 Å². The van der Waals surface area contributed by atoms with Crippen LogP contribution < -0.4 is 4.74 Å². The van der Waals surface area contributed by atoms with Crippen molar-refractivity contribution in [2.24, 2.45) is 0 Å². The van der Waals surface area contributed by atoms with E-state index in [4.69, 9.17) is 4.74 Å². The molecule has 0 unspecified atom stereocenters. The maximum absolute atomic E-state index is 12.4. The fourth-order valence-electron chi connectivity index (χ4n) is 4.03. The monoisotopic (exact) mass is 395 g/mol. The molecule has 150 valence electrons. The van der Waals surface area contributed by atoms with Crippen molar-refractivity contribution >= 4 is 15.9 Å². The third-order valence-electron chi connectivity index (χ3n) is 5.39. The highest BCUT2D eigenvalue weighted by molar-refractivity contribution is 7.91. The Bertz CT molecular complexity index is 809. The number of aryl methyl sites for hydroxylation is 2. The molecule has 1 aromatic carbocycles. The molecule has 0 bridgehead atoms. The van der Waals surface area contributed by atoms with E-state index in [0.717, 1.165) is 11.3 Å². The molecular formula is C19H29N3O4S. The fourth-order valence-corrected chi connectivity index (χ4v) is 6.04. The number of sulfone groups is 1. The van der Waals surface area contributed by atoms with Crippen LogP contribution in [0.2, 0.25) is 0 Å². The van der Waals surface area contributed by atoms with Gasteiger partial charge in [-0.15, -0.1) is 0 Å². The standard InChI is InChI=1S/C19H29N3O4S/c1-14-5-6-18(15(2)11-14)26-10-9-21-7-8-22(19(23)20(3)4)17-13-27(24,25)12-16(17)21/h5-6,11,16-17H,7-10,12-13H2,1-4H3/t16-,17+/m1/s1. The van der Waals surface area contributed by atoms with Crippen LogP contribution in [0.5, 0.6) is 5.75 Å². The van der Waals surface area contributed by atoms with Gasteiger partial charge in [0.15, 0.2) is 9.84 Å². The number of hydrogen-bond donors (Lipinski definition) is 0. The van der Waals surface area contributed by atoms with E-state index >= 15 is 0 Å². The number of hydrogen-bond acceptors (Lipinski definition) is 5. The number of ether oxygens (including phenoxy) is 1. The van der Waals surface area contributed by atoms with E-state index in [9.17, 15) is 13.2 Å². The van der Waals surface area contributed by atoms with Crippen LogP contribution in [0.25, 0.3) is 0 Å². The van der Waals surface area contributed by atoms with Crippen LogP contribution in [0.4, 0.5) is 4.79 Å². The van der Waals surface area contributed by atoms with Crippen molar-refractivity contribution in [3.05, 3.63) is 29.3 Å². The molecule has 0 aliphatic carbocycles. The number of fused-ring (bicyclic) bond motifs is 1. The van der Waals surface area contributed by atoms with Gasteiger partial charge in [0.25, 0.3) is 0 Å². The number of piperazine rings is 1. The molecule has 27 heavy (non-hydrogen) atoms. The van der Waals surface area contributed by atoms with Crippen LogP contribution in [-0.2, 0) is 9.84 Å². The fraction of sp³-hybridized carbons (Fsp3) is 0.632. The summed E-state index contributed by atoms with van der Waals surface area (Å²) in [6.07, 6.45) is 0. The van der Waals surface area contributed by atoms with Gasteiger partial charge in [-0.25, -0.2) is 13.2 Å². The lowest BCUT2D eigenvalue weighted by atomic mass is 10.1. The minimum absolute atomic E-state index is 0.0473. The third kappa shape index (κ3) is 4.38. The van der Waals surface area contributed by atoms with Crippen LogP contribution in [0, 0.1) is 13.8 Å². The maximum Gasteiger partial charge on any atom is 0.319 e. The Morgan fingerprint density at radius 2 is 1.89 bits per heavy atom. The first-order valence-corrected chi connectivity index (χ1v) is 11.1. The van der Waals surface area contributed by atoms with E-state index < -0.39 is 9.84 Å². The number of amides is 2. The first-order chi connectivity index (χ1) is 12.7. The Labute approximate surface area is 161 Å². The number of urea groups is 1. The second-order valence-corrected chi connectivity index (χ2v) is 9.89. The van der Waals surface area contributed by atoms with Crippen LogP contribution >= 0.6 is 0 Å². The summed E-state index contributed by atoms with van der Waals surface area (Å²) in [7, 11) is 0.261. The molecule has 3 rings (SSSR count). The number of carbonyl (C=O) groups is 1. The average molecular weight is 396 g/mol. The summed E-state index contributed by atoms with van der Waals surface area (Å²) in [6.45, 7) is 6.41. The summed E-state index contributed by atoms with van der Waals surface area (Å²) in [5.41, 5.74) is 2.29. The molecule has 2 atom stereocenters. The zero-order chi connectivity index (χ0) is 19.8. The van der Waals surface area contributed by atoms with Crippen molar-refractivity contribution in [3.63, 3.8) is 0 Å². The predicted octanol–water partition coefficient (Wildman–Crippen LogP) is 1.15. The molecule has 2 aliphatic rings. The predicted molar refractivity (Wildman–Crippen MR) is 105 cm³/mol. The Morgan fingerprint density at radius 3 is 2.56 bits per heavy atom. The van der Waals surface area contributed by atoms with Gasteiger partial charge in [0.2, 0.25) is 0 Å². The van der Waals surface area contributed by atoms with Gasteiger partial charge in [0, 0.05) is 39.8 Å². The summed E-state index contributed by atoms with van der Waals surface area (Å²) in [5, 5.41) is 0. The lowest BCUT2D eigenvalue weighted by Crippen LogP contribution is -2.62. The van der Waals surface area contributed by atoms with E-state index in [2.05, 4.69) is 11.0 Å². The highest BCUT2D eigenvalue weighted by atomic mass is 32.2. The summed E-state index contributed by atoms with van der Waals surface area (Å²) in [5.74, 6) is 1.02. The molecule has 0 N–H and O–H groups in total. The van der Waals surface area contributed by atoms with Gasteiger partial charge in [-0.05, 0) is 25.5 Å². The zero-order valence-electron chi connectivity index (χ0n) is 16.5. The molecule has 2 aliphatic heterocycles. The number of benzene rings is 1. The average Bonchev–Trinajstić information content (AvgIpc) is 2.91. The highest BCUT2D eigenvalue weighted by Crippen LogP contribution is 2.27. The van der Waals surface area contributed by atoms with Crippen LogP contribution in [0.1, 0.15) is 11.1 Å². The molecule has 0 saturated carbocycles. The normalized spacial score (nSPS) is 24.5. The summed E-state index contributed by atoms with van der Waals surface area (Å²) in [6, 6.07) is 5.53. The first kappa shape index (κ1) is 19.9.